The van der Waals surface area contributed by atoms with Crippen molar-refractivity contribution in [3.05, 3.63) is 89.2 Å². The van der Waals surface area contributed by atoms with Gasteiger partial charge in [0.15, 0.2) is 0 Å². The van der Waals surface area contributed by atoms with E-state index in [2.05, 4.69) is 15.6 Å². The smallest absolute Gasteiger partial charge is 0.270 e. The van der Waals surface area contributed by atoms with E-state index in [9.17, 15) is 18.4 Å². The highest BCUT2D eigenvalue weighted by Crippen LogP contribution is 2.27. The van der Waals surface area contributed by atoms with Gasteiger partial charge in [0.25, 0.3) is 17.7 Å². The van der Waals surface area contributed by atoms with Gasteiger partial charge in [-0.3, -0.25) is 14.6 Å². The van der Waals surface area contributed by atoms with Gasteiger partial charge in [0.1, 0.15) is 0 Å². The van der Waals surface area contributed by atoms with Crippen molar-refractivity contribution in [3.8, 4) is 0 Å². The van der Waals surface area contributed by atoms with Crippen LogP contribution in [0, 0.1) is 6.92 Å². The number of aromatic nitrogens is 1. The molecule has 0 aliphatic carbocycles. The Hall–Kier alpha value is -3.61. The molecule has 1 heterocycles. The molecule has 7 heteroatoms. The predicted octanol–water partition coefficient (Wildman–Crippen LogP) is 5.01. The number of alkyl halides is 2. The molecule has 29 heavy (non-hydrogen) atoms. The van der Waals surface area contributed by atoms with E-state index in [-0.39, 0.29) is 17.0 Å². The van der Waals surface area contributed by atoms with Crippen LogP contribution in [-0.4, -0.2) is 16.8 Å². The minimum atomic E-state index is -3.04. The van der Waals surface area contributed by atoms with Crippen LogP contribution in [0.15, 0.2) is 67.0 Å². The molecule has 0 saturated heterocycles. The van der Waals surface area contributed by atoms with Crippen molar-refractivity contribution < 1.29 is 18.4 Å². The number of halogens is 2. The second kappa shape index (κ2) is 8.18. The van der Waals surface area contributed by atoms with Crippen molar-refractivity contribution in [1.82, 2.24) is 4.98 Å². The number of benzene rings is 2. The topological polar surface area (TPSA) is 71.1 Å². The molecule has 0 spiro atoms. The normalized spacial score (nSPS) is 11.0. The molecule has 3 aromatic rings. The molecule has 0 aliphatic heterocycles. The summed E-state index contributed by atoms with van der Waals surface area (Å²) in [6.45, 7) is 2.55. The number of hydrogen-bond donors (Lipinski definition) is 2. The van der Waals surface area contributed by atoms with Crippen molar-refractivity contribution in [2.24, 2.45) is 0 Å². The Morgan fingerprint density at radius 3 is 2.38 bits per heavy atom. The average Bonchev–Trinajstić information content (AvgIpc) is 2.69. The first-order valence-corrected chi connectivity index (χ1v) is 8.86. The Bertz CT molecular complexity index is 1050. The highest BCUT2D eigenvalue weighted by Gasteiger charge is 2.25. The molecule has 0 saturated carbocycles. The highest BCUT2D eigenvalue weighted by atomic mass is 19.3. The number of hydrogen-bond acceptors (Lipinski definition) is 3. The molecule has 1 aromatic heterocycles. The van der Waals surface area contributed by atoms with Gasteiger partial charge in [0.2, 0.25) is 0 Å². The van der Waals surface area contributed by atoms with Crippen molar-refractivity contribution in [2.75, 3.05) is 10.6 Å². The quantitative estimate of drug-likeness (QED) is 0.638. The van der Waals surface area contributed by atoms with Gasteiger partial charge in [-0.2, -0.15) is 0 Å². The Morgan fingerprint density at radius 2 is 1.69 bits per heavy atom. The van der Waals surface area contributed by atoms with Gasteiger partial charge in [-0.25, -0.2) is 8.78 Å². The summed E-state index contributed by atoms with van der Waals surface area (Å²) in [5, 5.41) is 5.38. The Labute approximate surface area is 166 Å². The Kier molecular flexibility index (Phi) is 5.68. The van der Waals surface area contributed by atoms with E-state index < -0.39 is 11.8 Å². The highest BCUT2D eigenvalue weighted by molar-refractivity contribution is 6.08. The SMILES string of the molecule is Cc1ccc(NC(=O)c2cccc(C(C)(F)F)c2)cc1C(=O)Nc1cccnc1. The zero-order chi connectivity index (χ0) is 21.0. The van der Waals surface area contributed by atoms with E-state index in [4.69, 9.17) is 0 Å². The Morgan fingerprint density at radius 1 is 0.931 bits per heavy atom. The van der Waals surface area contributed by atoms with Gasteiger partial charge in [0, 0.05) is 35.5 Å². The molecule has 0 bridgehead atoms. The lowest BCUT2D eigenvalue weighted by atomic mass is 10.0. The first-order chi connectivity index (χ1) is 13.7. The van der Waals surface area contributed by atoms with Gasteiger partial charge in [-0.1, -0.05) is 18.2 Å². The number of aryl methyl sites for hydroxylation is 1. The number of amides is 2. The fraction of sp³-hybridized carbons (Fsp3) is 0.136. The number of nitrogens with zero attached hydrogens (tertiary/aromatic N) is 1. The summed E-state index contributed by atoms with van der Waals surface area (Å²) in [6.07, 6.45) is 3.12. The minimum absolute atomic E-state index is 0.103. The first-order valence-electron chi connectivity index (χ1n) is 8.86. The van der Waals surface area contributed by atoms with Gasteiger partial charge < -0.3 is 10.6 Å². The number of pyridine rings is 1. The molecule has 0 atom stereocenters. The molecule has 2 N–H and O–H groups in total. The van der Waals surface area contributed by atoms with Crippen LogP contribution in [0.1, 0.15) is 38.8 Å². The molecule has 3 rings (SSSR count). The van der Waals surface area contributed by atoms with Crippen LogP contribution in [0.5, 0.6) is 0 Å². The lowest BCUT2D eigenvalue weighted by molar-refractivity contribution is 0.0174. The lowest BCUT2D eigenvalue weighted by Crippen LogP contribution is -2.16. The molecule has 0 aliphatic rings. The van der Waals surface area contributed by atoms with E-state index in [0.29, 0.717) is 16.9 Å². The van der Waals surface area contributed by atoms with Crippen molar-refractivity contribution in [1.29, 1.82) is 0 Å². The molecule has 5 nitrogen and oxygen atoms in total. The number of nitrogens with one attached hydrogen (secondary N) is 2. The molecular formula is C22H19F2N3O2. The molecule has 2 amide bonds. The summed E-state index contributed by atoms with van der Waals surface area (Å²) in [4.78, 5) is 29.0. The summed E-state index contributed by atoms with van der Waals surface area (Å²) in [7, 11) is 0. The maximum Gasteiger partial charge on any atom is 0.270 e. The lowest BCUT2D eigenvalue weighted by Gasteiger charge is -2.13. The molecule has 0 unspecified atom stereocenters. The maximum absolute atomic E-state index is 13.5. The third-order valence-electron chi connectivity index (χ3n) is 4.29. The number of carbonyl (C=O) groups excluding carboxylic acids is 2. The summed E-state index contributed by atoms with van der Waals surface area (Å²) >= 11 is 0. The second-order valence-corrected chi connectivity index (χ2v) is 6.65. The molecule has 2 aromatic carbocycles. The number of rotatable bonds is 5. The van der Waals surface area contributed by atoms with Crippen molar-refractivity contribution in [3.63, 3.8) is 0 Å². The van der Waals surface area contributed by atoms with E-state index >= 15 is 0 Å². The largest absolute Gasteiger partial charge is 0.322 e. The Balaban J connectivity index is 1.79. The standard InChI is InChI=1S/C22H19F2N3O2/c1-14-8-9-17(12-19(14)21(29)27-18-7-4-10-25-13-18)26-20(28)15-5-3-6-16(11-15)22(2,23)24/h3-13H,1-2H3,(H,26,28)(H,27,29). The van der Waals surface area contributed by atoms with E-state index in [0.717, 1.165) is 18.6 Å². The van der Waals surface area contributed by atoms with Crippen molar-refractivity contribution in [2.45, 2.75) is 19.8 Å². The predicted molar refractivity (Wildman–Crippen MR) is 107 cm³/mol. The summed E-state index contributed by atoms with van der Waals surface area (Å²) in [5.74, 6) is -3.93. The molecule has 148 valence electrons. The van der Waals surface area contributed by atoms with Crippen molar-refractivity contribution >= 4 is 23.2 Å². The summed E-state index contributed by atoms with van der Waals surface area (Å²) in [6, 6.07) is 13.6. The molecule has 0 radical (unpaired) electrons. The summed E-state index contributed by atoms with van der Waals surface area (Å²) in [5.41, 5.74) is 1.88. The monoisotopic (exact) mass is 395 g/mol. The van der Waals surface area contributed by atoms with Crippen LogP contribution in [-0.2, 0) is 5.92 Å². The zero-order valence-electron chi connectivity index (χ0n) is 15.9. The summed E-state index contributed by atoms with van der Waals surface area (Å²) < 4.78 is 27.0. The third kappa shape index (κ3) is 5.01. The van der Waals surface area contributed by atoms with E-state index in [1.165, 1.54) is 30.5 Å². The fourth-order valence-corrected chi connectivity index (χ4v) is 2.72. The van der Waals surface area contributed by atoms with Crippen LogP contribution in [0.2, 0.25) is 0 Å². The fourth-order valence-electron chi connectivity index (χ4n) is 2.72. The third-order valence-corrected chi connectivity index (χ3v) is 4.29. The van der Waals surface area contributed by atoms with E-state index in [1.54, 1.807) is 37.4 Å². The molecular weight excluding hydrogens is 376 g/mol. The van der Waals surface area contributed by atoms with Gasteiger partial charge >= 0.3 is 0 Å². The number of anilines is 2. The van der Waals surface area contributed by atoms with E-state index in [1.807, 2.05) is 0 Å². The zero-order valence-corrected chi connectivity index (χ0v) is 15.9. The second-order valence-electron chi connectivity index (χ2n) is 6.65. The van der Waals surface area contributed by atoms with Crippen LogP contribution in [0.4, 0.5) is 20.2 Å². The van der Waals surface area contributed by atoms with Crippen LogP contribution in [0.3, 0.4) is 0 Å². The first kappa shape index (κ1) is 20.1. The molecule has 0 fully saturated rings. The van der Waals surface area contributed by atoms with Crippen LogP contribution in [0.25, 0.3) is 0 Å². The number of carbonyl (C=O) groups is 2. The van der Waals surface area contributed by atoms with Crippen LogP contribution < -0.4 is 10.6 Å². The van der Waals surface area contributed by atoms with Crippen LogP contribution >= 0.6 is 0 Å². The maximum atomic E-state index is 13.5. The minimum Gasteiger partial charge on any atom is -0.322 e. The average molecular weight is 395 g/mol. The van der Waals surface area contributed by atoms with Gasteiger partial charge in [-0.15, -0.1) is 0 Å². The van der Waals surface area contributed by atoms with Gasteiger partial charge in [-0.05, 0) is 48.9 Å². The van der Waals surface area contributed by atoms with Gasteiger partial charge in [0.05, 0.1) is 11.9 Å².